The SMILES string of the molecule is NCC(c1ccc(Cl)s1)N1CCN(c2ccccn2)CC1. The molecule has 2 aromatic rings. The lowest BCUT2D eigenvalue weighted by Crippen LogP contribution is -2.49. The maximum Gasteiger partial charge on any atom is 0.128 e. The molecule has 0 radical (unpaired) electrons. The fraction of sp³-hybridized carbons (Fsp3) is 0.400. The summed E-state index contributed by atoms with van der Waals surface area (Å²) in [6, 6.07) is 10.4. The summed E-state index contributed by atoms with van der Waals surface area (Å²) in [6.45, 7) is 4.57. The maximum absolute atomic E-state index is 6.05. The Hall–Kier alpha value is -1.14. The van der Waals surface area contributed by atoms with Crippen molar-refractivity contribution in [3.8, 4) is 0 Å². The van der Waals surface area contributed by atoms with Gasteiger partial charge in [-0.1, -0.05) is 17.7 Å². The number of nitrogens with zero attached hydrogens (tertiary/aromatic N) is 3. The van der Waals surface area contributed by atoms with E-state index in [1.54, 1.807) is 11.3 Å². The van der Waals surface area contributed by atoms with E-state index >= 15 is 0 Å². The Morgan fingerprint density at radius 1 is 1.19 bits per heavy atom. The zero-order valence-corrected chi connectivity index (χ0v) is 13.4. The van der Waals surface area contributed by atoms with E-state index in [1.165, 1.54) is 4.88 Å². The quantitative estimate of drug-likeness (QED) is 0.940. The van der Waals surface area contributed by atoms with E-state index in [0.29, 0.717) is 6.54 Å². The van der Waals surface area contributed by atoms with Crippen LogP contribution in [-0.2, 0) is 0 Å². The van der Waals surface area contributed by atoms with Crippen LogP contribution in [-0.4, -0.2) is 42.6 Å². The van der Waals surface area contributed by atoms with Crippen LogP contribution < -0.4 is 10.6 Å². The molecule has 21 heavy (non-hydrogen) atoms. The molecule has 2 N–H and O–H groups in total. The van der Waals surface area contributed by atoms with Crippen molar-refractivity contribution in [3.05, 3.63) is 45.7 Å². The lowest BCUT2D eigenvalue weighted by molar-refractivity contribution is 0.192. The standard InChI is InChI=1S/C15H19ClN4S/c16-14-5-4-13(21-14)12(11-17)19-7-9-20(10-8-19)15-3-1-2-6-18-15/h1-6,12H,7-11,17H2. The summed E-state index contributed by atoms with van der Waals surface area (Å²) in [4.78, 5) is 10.5. The molecule has 6 heteroatoms. The molecule has 0 saturated carbocycles. The summed E-state index contributed by atoms with van der Waals surface area (Å²) in [5.74, 6) is 1.06. The minimum Gasteiger partial charge on any atom is -0.354 e. The Bertz CT molecular complexity index is 566. The monoisotopic (exact) mass is 322 g/mol. The molecule has 2 aromatic heterocycles. The van der Waals surface area contributed by atoms with Crippen molar-refractivity contribution in [1.82, 2.24) is 9.88 Å². The first-order valence-corrected chi connectivity index (χ1v) is 8.32. The van der Waals surface area contributed by atoms with Crippen LogP contribution >= 0.6 is 22.9 Å². The molecule has 1 fully saturated rings. The fourth-order valence-corrected chi connectivity index (χ4v) is 3.96. The molecule has 1 atom stereocenters. The van der Waals surface area contributed by atoms with Gasteiger partial charge in [0.1, 0.15) is 5.82 Å². The second-order valence-corrected chi connectivity index (χ2v) is 6.85. The third kappa shape index (κ3) is 3.37. The second-order valence-electron chi connectivity index (χ2n) is 5.10. The molecule has 1 saturated heterocycles. The first kappa shape index (κ1) is 14.8. The summed E-state index contributed by atoms with van der Waals surface area (Å²) in [5.41, 5.74) is 5.99. The molecule has 1 aliphatic heterocycles. The summed E-state index contributed by atoms with van der Waals surface area (Å²) < 4.78 is 0.829. The Balaban J connectivity index is 1.64. The fourth-order valence-electron chi connectivity index (χ4n) is 2.76. The topological polar surface area (TPSA) is 45.4 Å². The van der Waals surface area contributed by atoms with Crippen LogP contribution in [0, 0.1) is 0 Å². The van der Waals surface area contributed by atoms with Gasteiger partial charge in [-0.15, -0.1) is 11.3 Å². The summed E-state index contributed by atoms with van der Waals surface area (Å²) >= 11 is 7.68. The zero-order chi connectivity index (χ0) is 14.7. The van der Waals surface area contributed by atoms with E-state index < -0.39 is 0 Å². The van der Waals surface area contributed by atoms with Crippen LogP contribution in [0.4, 0.5) is 5.82 Å². The molecule has 0 spiro atoms. The van der Waals surface area contributed by atoms with Crippen molar-refractivity contribution in [2.75, 3.05) is 37.6 Å². The summed E-state index contributed by atoms with van der Waals surface area (Å²) in [6.07, 6.45) is 1.85. The number of hydrogen-bond donors (Lipinski definition) is 1. The normalized spacial score (nSPS) is 17.9. The molecular formula is C15H19ClN4S. The second kappa shape index (κ2) is 6.75. The Morgan fingerprint density at radius 2 is 2.00 bits per heavy atom. The zero-order valence-electron chi connectivity index (χ0n) is 11.8. The number of pyridine rings is 1. The van der Waals surface area contributed by atoms with Gasteiger partial charge in [-0.05, 0) is 24.3 Å². The van der Waals surface area contributed by atoms with Gasteiger partial charge in [-0.3, -0.25) is 4.90 Å². The highest BCUT2D eigenvalue weighted by atomic mass is 35.5. The van der Waals surface area contributed by atoms with E-state index in [2.05, 4.69) is 26.9 Å². The van der Waals surface area contributed by atoms with E-state index in [9.17, 15) is 0 Å². The van der Waals surface area contributed by atoms with Gasteiger partial charge in [0.2, 0.25) is 0 Å². The van der Waals surface area contributed by atoms with E-state index in [0.717, 1.165) is 36.3 Å². The molecule has 0 amide bonds. The molecule has 3 heterocycles. The molecule has 0 aliphatic carbocycles. The van der Waals surface area contributed by atoms with Crippen LogP contribution in [0.15, 0.2) is 36.5 Å². The number of rotatable bonds is 4. The average molecular weight is 323 g/mol. The first-order chi connectivity index (χ1) is 10.3. The third-order valence-electron chi connectivity index (χ3n) is 3.87. The predicted molar refractivity (Wildman–Crippen MR) is 89.1 cm³/mol. The number of halogens is 1. The van der Waals surface area contributed by atoms with Crippen LogP contribution in [0.25, 0.3) is 0 Å². The number of hydrogen-bond acceptors (Lipinski definition) is 5. The Kier molecular flexibility index (Phi) is 4.75. The number of aromatic nitrogens is 1. The van der Waals surface area contributed by atoms with Crippen molar-refractivity contribution >= 4 is 28.8 Å². The number of nitrogens with two attached hydrogens (primary N) is 1. The van der Waals surface area contributed by atoms with E-state index in [1.807, 2.05) is 24.4 Å². The first-order valence-electron chi connectivity index (χ1n) is 7.13. The largest absolute Gasteiger partial charge is 0.354 e. The van der Waals surface area contributed by atoms with Crippen molar-refractivity contribution in [1.29, 1.82) is 0 Å². The molecule has 0 aromatic carbocycles. The van der Waals surface area contributed by atoms with Crippen LogP contribution in [0.1, 0.15) is 10.9 Å². The van der Waals surface area contributed by atoms with Crippen LogP contribution in [0.2, 0.25) is 4.34 Å². The van der Waals surface area contributed by atoms with Crippen LogP contribution in [0.3, 0.4) is 0 Å². The van der Waals surface area contributed by atoms with Gasteiger partial charge >= 0.3 is 0 Å². The smallest absolute Gasteiger partial charge is 0.128 e. The van der Waals surface area contributed by atoms with Gasteiger partial charge in [0, 0.05) is 43.8 Å². The van der Waals surface area contributed by atoms with Gasteiger partial charge in [-0.2, -0.15) is 0 Å². The van der Waals surface area contributed by atoms with Gasteiger partial charge in [0.15, 0.2) is 0 Å². The van der Waals surface area contributed by atoms with E-state index in [-0.39, 0.29) is 6.04 Å². The molecule has 0 bridgehead atoms. The van der Waals surface area contributed by atoms with Gasteiger partial charge in [-0.25, -0.2) is 4.98 Å². The number of anilines is 1. The maximum atomic E-state index is 6.05. The van der Waals surface area contributed by atoms with Gasteiger partial charge < -0.3 is 10.6 Å². The number of thiophene rings is 1. The Morgan fingerprint density at radius 3 is 2.57 bits per heavy atom. The van der Waals surface area contributed by atoms with Crippen molar-refractivity contribution in [2.24, 2.45) is 5.73 Å². The number of piperazine rings is 1. The molecule has 3 rings (SSSR count). The summed E-state index contributed by atoms with van der Waals surface area (Å²) in [7, 11) is 0. The minimum atomic E-state index is 0.272. The lowest BCUT2D eigenvalue weighted by atomic mass is 10.1. The van der Waals surface area contributed by atoms with Gasteiger partial charge in [0.25, 0.3) is 0 Å². The molecular weight excluding hydrogens is 304 g/mol. The highest BCUT2D eigenvalue weighted by Gasteiger charge is 2.25. The van der Waals surface area contributed by atoms with E-state index in [4.69, 9.17) is 17.3 Å². The molecule has 4 nitrogen and oxygen atoms in total. The molecule has 112 valence electrons. The molecule has 1 unspecified atom stereocenters. The molecule has 1 aliphatic rings. The highest BCUT2D eigenvalue weighted by Crippen LogP contribution is 2.30. The Labute approximate surface area is 134 Å². The van der Waals surface area contributed by atoms with Gasteiger partial charge in [0.05, 0.1) is 10.4 Å². The van der Waals surface area contributed by atoms with Crippen molar-refractivity contribution in [3.63, 3.8) is 0 Å². The average Bonchev–Trinajstić information content (AvgIpc) is 2.96. The third-order valence-corrected chi connectivity index (χ3v) is 5.21. The predicted octanol–water partition coefficient (Wildman–Crippen LogP) is 2.62. The minimum absolute atomic E-state index is 0.272. The summed E-state index contributed by atoms with van der Waals surface area (Å²) in [5, 5.41) is 0. The van der Waals surface area contributed by atoms with Crippen LogP contribution in [0.5, 0.6) is 0 Å². The van der Waals surface area contributed by atoms with Crippen molar-refractivity contribution in [2.45, 2.75) is 6.04 Å². The highest BCUT2D eigenvalue weighted by molar-refractivity contribution is 7.16. The lowest BCUT2D eigenvalue weighted by Gasteiger charge is -2.39. The van der Waals surface area contributed by atoms with Crippen molar-refractivity contribution < 1.29 is 0 Å².